The van der Waals surface area contributed by atoms with Crippen LogP contribution in [0.2, 0.25) is 0 Å². The van der Waals surface area contributed by atoms with Crippen LogP contribution in [0, 0.1) is 18.6 Å². The molecule has 4 aromatic rings. The number of rotatable bonds is 7. The highest BCUT2D eigenvalue weighted by molar-refractivity contribution is 8.76. The van der Waals surface area contributed by atoms with Crippen molar-refractivity contribution >= 4 is 21.6 Å². The Balaban J connectivity index is 1.63. The van der Waals surface area contributed by atoms with Crippen molar-refractivity contribution in [3.63, 3.8) is 0 Å². The van der Waals surface area contributed by atoms with E-state index in [4.69, 9.17) is 4.74 Å². The summed E-state index contributed by atoms with van der Waals surface area (Å²) in [7, 11) is 2.39. The lowest BCUT2D eigenvalue weighted by atomic mass is 10.3. The maximum Gasteiger partial charge on any atom is 0.315 e. The van der Waals surface area contributed by atoms with Gasteiger partial charge in [-0.3, -0.25) is 9.59 Å². The topological polar surface area (TPSA) is 79.0 Å². The van der Waals surface area contributed by atoms with Gasteiger partial charge in [0.15, 0.2) is 0 Å². The molecular formula is C23H18F2N4O3S2. The lowest BCUT2D eigenvalue weighted by molar-refractivity contribution is 0.323. The fourth-order valence-electron chi connectivity index (χ4n) is 3.04. The van der Waals surface area contributed by atoms with Crippen LogP contribution in [0.25, 0.3) is 11.4 Å². The van der Waals surface area contributed by atoms with Crippen molar-refractivity contribution < 1.29 is 13.5 Å². The minimum absolute atomic E-state index is 0.0676. The minimum Gasteiger partial charge on any atom is -0.487 e. The molecule has 0 atom stereocenters. The van der Waals surface area contributed by atoms with E-state index in [0.29, 0.717) is 21.0 Å². The highest BCUT2D eigenvalue weighted by atomic mass is 33.1. The standard InChI is InChI=1S/C23H18F2N4O3S2/c1-3-32-21-20(13-27-29(23(21)31)18-9-5-7-16(25)11-18)34-33-19-12-26-28(22(30)14(19)2)17-8-4-6-15(24)10-17/h4-13H,3H2,1-2H3. The van der Waals surface area contributed by atoms with Gasteiger partial charge in [0.1, 0.15) is 11.6 Å². The monoisotopic (exact) mass is 500 g/mol. The number of ether oxygens (including phenoxy) is 1. The fourth-order valence-corrected chi connectivity index (χ4v) is 5.23. The molecule has 0 fully saturated rings. The van der Waals surface area contributed by atoms with Crippen LogP contribution in [-0.4, -0.2) is 26.2 Å². The summed E-state index contributed by atoms with van der Waals surface area (Å²) in [5, 5.41) is 8.31. The van der Waals surface area contributed by atoms with Gasteiger partial charge in [-0.1, -0.05) is 22.9 Å². The Labute approximate surface area is 200 Å². The van der Waals surface area contributed by atoms with Crippen LogP contribution in [0.15, 0.2) is 80.3 Å². The zero-order chi connectivity index (χ0) is 24.2. The molecule has 0 aliphatic rings. The molecule has 2 heterocycles. The highest BCUT2D eigenvalue weighted by Crippen LogP contribution is 2.40. The second-order valence-corrected chi connectivity index (χ2v) is 9.18. The normalized spacial score (nSPS) is 10.9. The van der Waals surface area contributed by atoms with Gasteiger partial charge >= 0.3 is 5.56 Å². The molecule has 0 aliphatic carbocycles. The van der Waals surface area contributed by atoms with Crippen LogP contribution >= 0.6 is 21.6 Å². The van der Waals surface area contributed by atoms with Crippen molar-refractivity contribution in [2.75, 3.05) is 6.61 Å². The molecule has 0 saturated heterocycles. The van der Waals surface area contributed by atoms with Crippen LogP contribution < -0.4 is 15.9 Å². The van der Waals surface area contributed by atoms with Gasteiger partial charge in [0, 0.05) is 10.5 Å². The van der Waals surface area contributed by atoms with E-state index in [-0.39, 0.29) is 23.6 Å². The molecule has 7 nitrogen and oxygen atoms in total. The van der Waals surface area contributed by atoms with Gasteiger partial charge in [-0.25, -0.2) is 8.78 Å². The Morgan fingerprint density at radius 2 is 1.38 bits per heavy atom. The molecule has 174 valence electrons. The molecule has 0 radical (unpaired) electrons. The van der Waals surface area contributed by atoms with E-state index in [2.05, 4.69) is 10.2 Å². The molecule has 11 heteroatoms. The largest absolute Gasteiger partial charge is 0.487 e. The smallest absolute Gasteiger partial charge is 0.315 e. The second kappa shape index (κ2) is 10.2. The molecule has 0 N–H and O–H groups in total. The first-order chi connectivity index (χ1) is 16.4. The third-order valence-corrected chi connectivity index (χ3v) is 7.16. The van der Waals surface area contributed by atoms with Crippen LogP contribution in [-0.2, 0) is 0 Å². The zero-order valence-corrected chi connectivity index (χ0v) is 19.7. The Morgan fingerprint density at radius 1 is 0.853 bits per heavy atom. The van der Waals surface area contributed by atoms with Crippen LogP contribution in [0.4, 0.5) is 8.78 Å². The number of halogens is 2. The number of nitrogens with zero attached hydrogens (tertiary/aromatic N) is 4. The van der Waals surface area contributed by atoms with Gasteiger partial charge in [-0.2, -0.15) is 19.6 Å². The molecule has 0 aliphatic heterocycles. The molecule has 2 aromatic carbocycles. The summed E-state index contributed by atoms with van der Waals surface area (Å²) in [5.74, 6) is -0.895. The summed E-state index contributed by atoms with van der Waals surface area (Å²) in [5.41, 5.74) is 0.0864. The lowest BCUT2D eigenvalue weighted by Crippen LogP contribution is -2.24. The maximum absolute atomic E-state index is 13.6. The molecular weight excluding hydrogens is 482 g/mol. The van der Waals surface area contributed by atoms with E-state index in [1.54, 1.807) is 26.0 Å². The Hall–Kier alpha value is -3.44. The zero-order valence-electron chi connectivity index (χ0n) is 18.1. The Morgan fingerprint density at radius 3 is 1.94 bits per heavy atom. The minimum atomic E-state index is -0.533. The predicted molar refractivity (Wildman–Crippen MR) is 127 cm³/mol. The maximum atomic E-state index is 13.6. The van der Waals surface area contributed by atoms with E-state index in [1.165, 1.54) is 70.4 Å². The number of hydrogen-bond donors (Lipinski definition) is 0. The lowest BCUT2D eigenvalue weighted by Gasteiger charge is -2.12. The molecule has 0 bridgehead atoms. The first kappa shape index (κ1) is 23.7. The van der Waals surface area contributed by atoms with Crippen molar-refractivity contribution in [1.82, 2.24) is 19.6 Å². The molecule has 0 amide bonds. The number of hydrogen-bond acceptors (Lipinski definition) is 7. The first-order valence-corrected chi connectivity index (χ1v) is 12.2. The van der Waals surface area contributed by atoms with Crippen molar-refractivity contribution in [3.8, 4) is 17.1 Å². The average molecular weight is 501 g/mol. The number of benzene rings is 2. The number of aromatic nitrogens is 4. The van der Waals surface area contributed by atoms with Gasteiger partial charge in [0.05, 0.1) is 35.3 Å². The fraction of sp³-hybridized carbons (Fsp3) is 0.130. The summed E-state index contributed by atoms with van der Waals surface area (Å²) in [6.07, 6.45) is 2.95. The summed E-state index contributed by atoms with van der Waals surface area (Å²) in [6, 6.07) is 11.1. The second-order valence-electron chi connectivity index (χ2n) is 6.97. The van der Waals surface area contributed by atoms with Gasteiger partial charge < -0.3 is 4.74 Å². The van der Waals surface area contributed by atoms with Gasteiger partial charge in [-0.15, -0.1) is 0 Å². The summed E-state index contributed by atoms with van der Waals surface area (Å²) < 4.78 is 34.9. The van der Waals surface area contributed by atoms with Crippen molar-refractivity contribution in [2.45, 2.75) is 23.6 Å². The Kier molecular flexibility index (Phi) is 7.13. The first-order valence-electron chi connectivity index (χ1n) is 10.1. The molecule has 2 aromatic heterocycles. The van der Waals surface area contributed by atoms with Gasteiger partial charge in [-0.05, 0) is 61.0 Å². The summed E-state index contributed by atoms with van der Waals surface area (Å²) >= 11 is 0. The quantitative estimate of drug-likeness (QED) is 0.344. The van der Waals surface area contributed by atoms with Crippen molar-refractivity contribution in [1.29, 1.82) is 0 Å². The molecule has 4 rings (SSSR count). The Bertz CT molecular complexity index is 1470. The van der Waals surface area contributed by atoms with Crippen LogP contribution in [0.3, 0.4) is 0 Å². The molecule has 34 heavy (non-hydrogen) atoms. The van der Waals surface area contributed by atoms with E-state index >= 15 is 0 Å². The highest BCUT2D eigenvalue weighted by Gasteiger charge is 2.17. The summed E-state index contributed by atoms with van der Waals surface area (Å²) in [6.45, 7) is 3.63. The molecule has 0 saturated carbocycles. The average Bonchev–Trinajstić information content (AvgIpc) is 2.82. The van der Waals surface area contributed by atoms with E-state index < -0.39 is 17.2 Å². The van der Waals surface area contributed by atoms with Crippen LogP contribution in [0.5, 0.6) is 5.75 Å². The van der Waals surface area contributed by atoms with Crippen molar-refractivity contribution in [2.24, 2.45) is 0 Å². The third-order valence-electron chi connectivity index (χ3n) is 4.69. The van der Waals surface area contributed by atoms with Crippen LogP contribution in [0.1, 0.15) is 12.5 Å². The van der Waals surface area contributed by atoms with Crippen molar-refractivity contribution in [3.05, 3.63) is 98.8 Å². The molecule has 0 spiro atoms. The van der Waals surface area contributed by atoms with E-state index in [0.717, 1.165) is 9.36 Å². The van der Waals surface area contributed by atoms with E-state index in [1.807, 2.05) is 0 Å². The predicted octanol–water partition coefficient (Wildman–Crippen LogP) is 4.56. The van der Waals surface area contributed by atoms with Gasteiger partial charge in [0.2, 0.25) is 5.75 Å². The summed E-state index contributed by atoms with van der Waals surface area (Å²) in [4.78, 5) is 26.8. The third kappa shape index (κ3) is 4.90. The van der Waals surface area contributed by atoms with Gasteiger partial charge in [0.25, 0.3) is 5.56 Å². The van der Waals surface area contributed by atoms with E-state index in [9.17, 15) is 18.4 Å². The SMILES string of the molecule is CCOc1c(SSc2cnn(-c3cccc(F)c3)c(=O)c2C)cnn(-c2cccc(F)c2)c1=O. The molecule has 0 unspecified atom stereocenters.